The van der Waals surface area contributed by atoms with Gasteiger partial charge in [0.25, 0.3) is 0 Å². The van der Waals surface area contributed by atoms with Gasteiger partial charge in [0, 0.05) is 4.47 Å². The Hall–Kier alpha value is -2.42. The van der Waals surface area contributed by atoms with Gasteiger partial charge in [-0.3, -0.25) is 0 Å². The number of halogens is 1. The Morgan fingerprint density at radius 1 is 0.667 bits per heavy atom. The van der Waals surface area contributed by atoms with E-state index in [-0.39, 0.29) is 0 Å². The second-order valence-electron chi connectivity index (χ2n) is 6.55. The molecule has 0 aliphatic heterocycles. The fourth-order valence-corrected chi connectivity index (χ4v) is 3.70. The van der Waals surface area contributed by atoms with E-state index < -0.39 is 5.60 Å². The van der Waals surface area contributed by atoms with Crippen molar-refractivity contribution in [3.05, 3.63) is 118 Å². The fourth-order valence-electron chi connectivity index (χ4n) is 3.05. The van der Waals surface area contributed by atoms with Crippen molar-refractivity contribution in [3.8, 4) is 0 Å². The third-order valence-corrected chi connectivity index (χ3v) is 5.20. The van der Waals surface area contributed by atoms with E-state index in [2.05, 4.69) is 52.3 Å². The summed E-state index contributed by atoms with van der Waals surface area (Å²) in [7, 11) is 0. The summed E-state index contributed by atoms with van der Waals surface area (Å²) in [6, 6.07) is 28.2. The quantitative estimate of drug-likeness (QED) is 0.444. The van der Waals surface area contributed by atoms with Crippen molar-refractivity contribution in [2.24, 2.45) is 0 Å². The van der Waals surface area contributed by atoms with Crippen LogP contribution in [0.4, 0.5) is 0 Å². The predicted molar refractivity (Wildman–Crippen MR) is 118 cm³/mol. The average molecular weight is 419 g/mol. The zero-order chi connectivity index (χ0) is 19.0. The first-order chi connectivity index (χ1) is 13.2. The highest BCUT2D eigenvalue weighted by molar-refractivity contribution is 9.10. The van der Waals surface area contributed by atoms with Crippen molar-refractivity contribution in [1.82, 2.24) is 0 Å². The summed E-state index contributed by atoms with van der Waals surface area (Å²) in [5, 5.41) is 11.5. The molecule has 3 aromatic carbocycles. The lowest BCUT2D eigenvalue weighted by Crippen LogP contribution is -2.24. The van der Waals surface area contributed by atoms with Crippen molar-refractivity contribution < 1.29 is 5.11 Å². The van der Waals surface area contributed by atoms with Gasteiger partial charge in [0.1, 0.15) is 0 Å². The topological polar surface area (TPSA) is 20.2 Å². The third kappa shape index (κ3) is 5.53. The van der Waals surface area contributed by atoms with E-state index in [0.717, 1.165) is 21.2 Å². The molecule has 0 bridgehead atoms. The molecule has 3 aromatic rings. The van der Waals surface area contributed by atoms with E-state index in [0.29, 0.717) is 12.8 Å². The van der Waals surface area contributed by atoms with Gasteiger partial charge < -0.3 is 5.11 Å². The summed E-state index contributed by atoms with van der Waals surface area (Å²) < 4.78 is 0.925. The molecule has 0 aromatic heterocycles. The predicted octanol–water partition coefficient (Wildman–Crippen LogP) is 6.84. The van der Waals surface area contributed by atoms with Crippen molar-refractivity contribution in [1.29, 1.82) is 0 Å². The summed E-state index contributed by atoms with van der Waals surface area (Å²) in [6.45, 7) is 0. The Morgan fingerprint density at radius 2 is 1.11 bits per heavy atom. The maximum atomic E-state index is 11.5. The van der Waals surface area contributed by atoms with Crippen LogP contribution in [0.15, 0.2) is 102 Å². The molecule has 0 saturated carbocycles. The van der Waals surface area contributed by atoms with E-state index in [4.69, 9.17) is 0 Å². The fraction of sp³-hybridized carbons (Fsp3) is 0.120. The lowest BCUT2D eigenvalue weighted by molar-refractivity contribution is 0.0424. The highest BCUT2D eigenvalue weighted by Crippen LogP contribution is 2.35. The lowest BCUT2D eigenvalue weighted by atomic mass is 9.86. The molecule has 0 spiro atoms. The lowest BCUT2D eigenvalue weighted by Gasteiger charge is -2.27. The Bertz CT molecular complexity index is 846. The monoisotopic (exact) mass is 418 g/mol. The zero-order valence-electron chi connectivity index (χ0n) is 15.1. The van der Waals surface area contributed by atoms with Crippen LogP contribution in [0.25, 0.3) is 12.2 Å². The van der Waals surface area contributed by atoms with Crippen LogP contribution in [0.1, 0.15) is 29.5 Å². The van der Waals surface area contributed by atoms with Crippen LogP contribution >= 0.6 is 15.9 Å². The highest BCUT2D eigenvalue weighted by Gasteiger charge is 2.28. The van der Waals surface area contributed by atoms with E-state index in [1.165, 1.54) is 0 Å². The summed E-state index contributed by atoms with van der Waals surface area (Å²) in [4.78, 5) is 0. The van der Waals surface area contributed by atoms with Gasteiger partial charge in [0.05, 0.1) is 5.60 Å². The van der Waals surface area contributed by atoms with Crippen molar-refractivity contribution >= 4 is 28.1 Å². The molecule has 0 aliphatic carbocycles. The van der Waals surface area contributed by atoms with Crippen molar-refractivity contribution in [2.75, 3.05) is 0 Å². The van der Waals surface area contributed by atoms with E-state index in [9.17, 15) is 5.11 Å². The second kappa shape index (κ2) is 9.50. The van der Waals surface area contributed by atoms with Crippen LogP contribution in [0.3, 0.4) is 0 Å². The molecule has 136 valence electrons. The molecular formula is C25H23BrO. The number of aliphatic hydroxyl groups is 1. The van der Waals surface area contributed by atoms with Gasteiger partial charge in [-0.15, -0.1) is 0 Å². The van der Waals surface area contributed by atoms with E-state index in [1.54, 1.807) is 0 Å². The summed E-state index contributed by atoms with van der Waals surface area (Å²) in [6.07, 6.45) is 9.27. The molecule has 0 aliphatic rings. The minimum atomic E-state index is -0.976. The first kappa shape index (κ1) is 19.3. The smallest absolute Gasteiger partial charge is 0.0976 e. The van der Waals surface area contributed by atoms with Crippen LogP contribution in [0.5, 0.6) is 0 Å². The minimum Gasteiger partial charge on any atom is -0.384 e. The maximum absolute atomic E-state index is 11.5. The highest BCUT2D eigenvalue weighted by atomic mass is 79.9. The van der Waals surface area contributed by atoms with Gasteiger partial charge in [-0.2, -0.15) is 0 Å². The van der Waals surface area contributed by atoms with Gasteiger partial charge in [-0.25, -0.2) is 0 Å². The van der Waals surface area contributed by atoms with Gasteiger partial charge >= 0.3 is 0 Å². The number of hydrogen-bond donors (Lipinski definition) is 1. The van der Waals surface area contributed by atoms with Gasteiger partial charge in [0.2, 0.25) is 0 Å². The van der Waals surface area contributed by atoms with Crippen LogP contribution in [-0.2, 0) is 5.60 Å². The maximum Gasteiger partial charge on any atom is 0.0976 e. The summed E-state index contributed by atoms with van der Waals surface area (Å²) in [5.41, 5.74) is 2.19. The van der Waals surface area contributed by atoms with Gasteiger partial charge in [-0.05, 0) is 35.6 Å². The van der Waals surface area contributed by atoms with Gasteiger partial charge in [-0.1, -0.05) is 119 Å². The molecular weight excluding hydrogens is 396 g/mol. The molecule has 0 saturated heterocycles. The first-order valence-corrected chi connectivity index (χ1v) is 9.87. The molecule has 2 heteroatoms. The average Bonchev–Trinajstić information content (AvgIpc) is 2.70. The zero-order valence-corrected chi connectivity index (χ0v) is 16.7. The normalized spacial score (nSPS) is 12.1. The summed E-state index contributed by atoms with van der Waals surface area (Å²) >= 11 is 3.60. The molecule has 1 nitrogen and oxygen atoms in total. The van der Waals surface area contributed by atoms with E-state index in [1.807, 2.05) is 72.8 Å². The second-order valence-corrected chi connectivity index (χ2v) is 7.40. The SMILES string of the molecule is OC(C/C=C/c1ccccc1)(C/C=C/c1ccccc1)c1ccccc1Br. The van der Waals surface area contributed by atoms with Crippen LogP contribution in [0.2, 0.25) is 0 Å². The number of benzene rings is 3. The Balaban J connectivity index is 1.81. The molecule has 27 heavy (non-hydrogen) atoms. The van der Waals surface area contributed by atoms with Crippen LogP contribution in [0, 0.1) is 0 Å². The number of rotatable bonds is 7. The molecule has 0 heterocycles. The standard InChI is InChI=1S/C25H23BrO/c26-24-18-8-7-17-23(24)25(27,19-9-15-21-11-3-1-4-12-21)20-10-16-22-13-5-2-6-14-22/h1-18,27H,19-20H2/b15-9+,16-10+. The van der Waals surface area contributed by atoms with Crippen LogP contribution < -0.4 is 0 Å². The van der Waals surface area contributed by atoms with Crippen molar-refractivity contribution in [2.45, 2.75) is 18.4 Å². The Kier molecular flexibility index (Phi) is 6.80. The molecule has 1 N–H and O–H groups in total. The molecule has 0 amide bonds. The third-order valence-electron chi connectivity index (χ3n) is 4.51. The Labute approximate surface area is 169 Å². The number of hydrogen-bond acceptors (Lipinski definition) is 1. The summed E-state index contributed by atoms with van der Waals surface area (Å²) in [5.74, 6) is 0. The van der Waals surface area contributed by atoms with Crippen LogP contribution in [-0.4, -0.2) is 5.11 Å². The van der Waals surface area contributed by atoms with Gasteiger partial charge in [0.15, 0.2) is 0 Å². The molecule has 0 fully saturated rings. The Morgan fingerprint density at radius 3 is 1.59 bits per heavy atom. The van der Waals surface area contributed by atoms with Crippen molar-refractivity contribution in [3.63, 3.8) is 0 Å². The van der Waals surface area contributed by atoms with E-state index >= 15 is 0 Å². The minimum absolute atomic E-state index is 0.531. The molecule has 0 unspecified atom stereocenters. The first-order valence-electron chi connectivity index (χ1n) is 9.08. The molecule has 0 radical (unpaired) electrons. The molecule has 0 atom stereocenters. The largest absolute Gasteiger partial charge is 0.384 e. The molecule has 3 rings (SSSR count).